The third-order valence-corrected chi connectivity index (χ3v) is 3.63. The quantitative estimate of drug-likeness (QED) is 0.863. The maximum atomic E-state index is 12.2. The summed E-state index contributed by atoms with van der Waals surface area (Å²) in [5, 5.41) is 13.2. The monoisotopic (exact) mass is 353 g/mol. The number of rotatable bonds is 3. The predicted octanol–water partition coefficient (Wildman–Crippen LogP) is 4.30. The summed E-state index contributed by atoms with van der Waals surface area (Å²) < 4.78 is 0.732. The zero-order chi connectivity index (χ0) is 14.7. The molecule has 2 aromatic rings. The Morgan fingerprint density at radius 2 is 2.05 bits per heavy atom. The second-order valence-corrected chi connectivity index (χ2v) is 5.76. The molecule has 0 aliphatic rings. The lowest BCUT2D eigenvalue weighted by Gasteiger charge is -2.15. The first-order valence-electron chi connectivity index (χ1n) is 6.02. The Bertz CT molecular complexity index is 646. The van der Waals surface area contributed by atoms with Crippen molar-refractivity contribution in [3.63, 3.8) is 0 Å². The zero-order valence-corrected chi connectivity index (χ0v) is 13.1. The number of hydrogen-bond acceptors (Lipinski definition) is 2. The number of hydrogen-bond donors (Lipinski definition) is 2. The van der Waals surface area contributed by atoms with Gasteiger partial charge in [-0.3, -0.25) is 4.79 Å². The molecule has 0 bridgehead atoms. The molecule has 2 N–H and O–H groups in total. The van der Waals surface area contributed by atoms with Crippen LogP contribution in [-0.2, 0) is 0 Å². The lowest BCUT2D eigenvalue weighted by molar-refractivity contribution is 0.0937. The minimum Gasteiger partial charge on any atom is -0.507 e. The molecule has 2 aromatic carbocycles. The molecule has 0 spiro atoms. The van der Waals surface area contributed by atoms with Crippen molar-refractivity contribution in [2.75, 3.05) is 0 Å². The third kappa shape index (κ3) is 3.52. The first-order chi connectivity index (χ1) is 9.47. The lowest BCUT2D eigenvalue weighted by atomic mass is 10.1. The van der Waals surface area contributed by atoms with Gasteiger partial charge in [-0.05, 0) is 42.8 Å². The van der Waals surface area contributed by atoms with Crippen LogP contribution in [0.1, 0.15) is 28.9 Å². The van der Waals surface area contributed by atoms with Crippen molar-refractivity contribution in [3.8, 4) is 5.75 Å². The highest BCUT2D eigenvalue weighted by Crippen LogP contribution is 2.23. The fraction of sp³-hybridized carbons (Fsp3) is 0.133. The van der Waals surface area contributed by atoms with E-state index in [0.717, 1.165) is 10.0 Å². The van der Waals surface area contributed by atoms with Crippen LogP contribution in [-0.4, -0.2) is 11.0 Å². The minimum absolute atomic E-state index is 0.0519. The van der Waals surface area contributed by atoms with Crippen molar-refractivity contribution in [2.45, 2.75) is 13.0 Å². The van der Waals surface area contributed by atoms with Gasteiger partial charge in [-0.2, -0.15) is 0 Å². The van der Waals surface area contributed by atoms with E-state index in [4.69, 9.17) is 11.6 Å². The molecule has 1 amide bonds. The van der Waals surface area contributed by atoms with E-state index in [2.05, 4.69) is 21.2 Å². The summed E-state index contributed by atoms with van der Waals surface area (Å²) in [5.41, 5.74) is 1.13. The van der Waals surface area contributed by atoms with Gasteiger partial charge in [0.25, 0.3) is 5.91 Å². The van der Waals surface area contributed by atoms with Gasteiger partial charge in [0.05, 0.1) is 11.6 Å². The molecule has 0 saturated heterocycles. The van der Waals surface area contributed by atoms with E-state index in [1.165, 1.54) is 6.07 Å². The number of amides is 1. The number of nitrogens with one attached hydrogen (secondary N) is 1. The van der Waals surface area contributed by atoms with E-state index in [1.807, 2.05) is 19.1 Å². The van der Waals surface area contributed by atoms with Crippen LogP contribution in [0.4, 0.5) is 0 Å². The highest BCUT2D eigenvalue weighted by Gasteiger charge is 2.15. The fourth-order valence-corrected chi connectivity index (χ4v) is 2.38. The summed E-state index contributed by atoms with van der Waals surface area (Å²) in [6.07, 6.45) is 0. The molecule has 1 unspecified atom stereocenters. The van der Waals surface area contributed by atoms with Crippen molar-refractivity contribution in [1.82, 2.24) is 5.32 Å². The summed E-state index contributed by atoms with van der Waals surface area (Å²) in [6, 6.07) is 11.8. The molecule has 5 heteroatoms. The number of phenols is 1. The van der Waals surface area contributed by atoms with Crippen LogP contribution < -0.4 is 5.32 Å². The SMILES string of the molecule is CC(NC(=O)c1cc(Br)ccc1O)c1cccc(Cl)c1. The first-order valence-corrected chi connectivity index (χ1v) is 7.19. The van der Waals surface area contributed by atoms with Gasteiger partial charge in [0, 0.05) is 9.50 Å². The Balaban J connectivity index is 2.17. The molecule has 0 heterocycles. The summed E-state index contributed by atoms with van der Waals surface area (Å²) in [7, 11) is 0. The Morgan fingerprint density at radius 1 is 1.30 bits per heavy atom. The van der Waals surface area contributed by atoms with Crippen molar-refractivity contribution in [1.29, 1.82) is 0 Å². The standard InChI is InChI=1S/C15H13BrClNO2/c1-9(10-3-2-4-12(17)7-10)18-15(20)13-8-11(16)5-6-14(13)19/h2-9,19H,1H3,(H,18,20). The van der Waals surface area contributed by atoms with E-state index in [9.17, 15) is 9.90 Å². The highest BCUT2D eigenvalue weighted by atomic mass is 79.9. The number of halogens is 2. The van der Waals surface area contributed by atoms with Crippen LogP contribution >= 0.6 is 27.5 Å². The van der Waals surface area contributed by atoms with Crippen molar-refractivity contribution >= 4 is 33.4 Å². The number of benzene rings is 2. The molecule has 2 rings (SSSR count). The van der Waals surface area contributed by atoms with Gasteiger partial charge < -0.3 is 10.4 Å². The molecule has 20 heavy (non-hydrogen) atoms. The van der Waals surface area contributed by atoms with Crippen LogP contribution in [0.5, 0.6) is 5.75 Å². The van der Waals surface area contributed by atoms with E-state index in [1.54, 1.807) is 24.3 Å². The number of carbonyl (C=O) groups excluding carboxylic acids is 1. The summed E-state index contributed by atoms with van der Waals surface area (Å²) in [6.45, 7) is 1.86. The third-order valence-electron chi connectivity index (χ3n) is 2.90. The van der Waals surface area contributed by atoms with E-state index in [-0.39, 0.29) is 23.3 Å². The molecule has 0 aliphatic carbocycles. The van der Waals surface area contributed by atoms with Crippen molar-refractivity contribution in [3.05, 3.63) is 63.1 Å². The Morgan fingerprint density at radius 3 is 2.75 bits per heavy atom. The molecule has 3 nitrogen and oxygen atoms in total. The van der Waals surface area contributed by atoms with Crippen LogP contribution in [0, 0.1) is 0 Å². The van der Waals surface area contributed by atoms with Crippen LogP contribution in [0.25, 0.3) is 0 Å². The Hall–Kier alpha value is -1.52. The molecule has 1 atom stereocenters. The average Bonchev–Trinajstić information content (AvgIpc) is 2.41. The van der Waals surface area contributed by atoms with Gasteiger partial charge in [-0.25, -0.2) is 0 Å². The van der Waals surface area contributed by atoms with E-state index >= 15 is 0 Å². The van der Waals surface area contributed by atoms with E-state index in [0.29, 0.717) is 5.02 Å². The number of carbonyl (C=O) groups is 1. The molecule has 104 valence electrons. The Kier molecular flexibility index (Phi) is 4.68. The largest absolute Gasteiger partial charge is 0.507 e. The predicted molar refractivity (Wildman–Crippen MR) is 83.1 cm³/mol. The second-order valence-electron chi connectivity index (χ2n) is 4.41. The first kappa shape index (κ1) is 14.9. The normalized spacial score (nSPS) is 11.9. The molecule has 0 radical (unpaired) electrons. The maximum absolute atomic E-state index is 12.2. The molecule has 0 aromatic heterocycles. The van der Waals surface area contributed by atoms with Gasteiger partial charge in [-0.15, -0.1) is 0 Å². The smallest absolute Gasteiger partial charge is 0.255 e. The zero-order valence-electron chi connectivity index (χ0n) is 10.7. The highest BCUT2D eigenvalue weighted by molar-refractivity contribution is 9.10. The average molecular weight is 355 g/mol. The van der Waals surface area contributed by atoms with Gasteiger partial charge in [0.15, 0.2) is 0 Å². The molecule has 0 saturated carbocycles. The maximum Gasteiger partial charge on any atom is 0.255 e. The molecule has 0 aliphatic heterocycles. The van der Waals surface area contributed by atoms with Gasteiger partial charge >= 0.3 is 0 Å². The second kappa shape index (κ2) is 6.29. The minimum atomic E-state index is -0.337. The van der Waals surface area contributed by atoms with Crippen molar-refractivity contribution < 1.29 is 9.90 Å². The lowest BCUT2D eigenvalue weighted by Crippen LogP contribution is -2.26. The number of aromatic hydroxyl groups is 1. The Labute approximate surface area is 130 Å². The van der Waals surface area contributed by atoms with E-state index < -0.39 is 0 Å². The van der Waals surface area contributed by atoms with Crippen LogP contribution in [0.3, 0.4) is 0 Å². The molecular formula is C15H13BrClNO2. The van der Waals surface area contributed by atoms with Gasteiger partial charge in [-0.1, -0.05) is 39.7 Å². The summed E-state index contributed by atoms with van der Waals surface area (Å²) >= 11 is 9.21. The van der Waals surface area contributed by atoms with Crippen LogP contribution in [0.15, 0.2) is 46.9 Å². The fourth-order valence-electron chi connectivity index (χ4n) is 1.82. The topological polar surface area (TPSA) is 49.3 Å². The summed E-state index contributed by atoms with van der Waals surface area (Å²) in [4.78, 5) is 12.2. The van der Waals surface area contributed by atoms with Gasteiger partial charge in [0.2, 0.25) is 0 Å². The van der Waals surface area contributed by atoms with Gasteiger partial charge in [0.1, 0.15) is 5.75 Å². The number of phenolic OH excluding ortho intramolecular Hbond substituents is 1. The summed E-state index contributed by atoms with van der Waals surface area (Å²) in [5.74, 6) is -0.389. The van der Waals surface area contributed by atoms with Crippen molar-refractivity contribution in [2.24, 2.45) is 0 Å². The molecular weight excluding hydrogens is 342 g/mol. The van der Waals surface area contributed by atoms with Crippen LogP contribution in [0.2, 0.25) is 5.02 Å². The molecule has 0 fully saturated rings.